The number of anilines is 1. The summed E-state index contributed by atoms with van der Waals surface area (Å²) in [4.78, 5) is 35.7. The number of carbonyl (C=O) groups excluding carboxylic acids is 2. The SMILES string of the molecule is N[C@@H](CS[C@@H]1CC(=O)N(c2ccc(F)cc2)C1=O)C(=O)O. The molecule has 2 atom stereocenters. The van der Waals surface area contributed by atoms with Crippen molar-refractivity contribution < 1.29 is 23.9 Å². The third-order valence-corrected chi connectivity index (χ3v) is 4.31. The summed E-state index contributed by atoms with van der Waals surface area (Å²) in [5.41, 5.74) is 5.67. The highest BCUT2D eigenvalue weighted by molar-refractivity contribution is 8.00. The number of benzene rings is 1. The number of imide groups is 1. The average Bonchev–Trinajstić information content (AvgIpc) is 2.72. The molecule has 0 aliphatic carbocycles. The first-order chi connectivity index (χ1) is 9.90. The van der Waals surface area contributed by atoms with Gasteiger partial charge in [-0.2, -0.15) is 0 Å². The second kappa shape index (κ2) is 6.23. The molecule has 1 saturated heterocycles. The second-order valence-electron chi connectivity index (χ2n) is 4.51. The Balaban J connectivity index is 2.06. The zero-order valence-corrected chi connectivity index (χ0v) is 11.7. The van der Waals surface area contributed by atoms with Crippen molar-refractivity contribution in [1.29, 1.82) is 0 Å². The van der Waals surface area contributed by atoms with Crippen LogP contribution in [0.2, 0.25) is 0 Å². The summed E-state index contributed by atoms with van der Waals surface area (Å²) in [6.45, 7) is 0. The van der Waals surface area contributed by atoms with Crippen molar-refractivity contribution in [2.75, 3.05) is 10.7 Å². The summed E-state index contributed by atoms with van der Waals surface area (Å²) < 4.78 is 12.9. The second-order valence-corrected chi connectivity index (χ2v) is 5.75. The Labute approximate surface area is 124 Å². The van der Waals surface area contributed by atoms with Crippen molar-refractivity contribution in [3.05, 3.63) is 30.1 Å². The fourth-order valence-corrected chi connectivity index (χ4v) is 2.98. The fourth-order valence-electron chi connectivity index (χ4n) is 1.89. The monoisotopic (exact) mass is 312 g/mol. The molecule has 0 spiro atoms. The van der Waals surface area contributed by atoms with Crippen LogP contribution in [0.25, 0.3) is 0 Å². The molecule has 112 valence electrons. The van der Waals surface area contributed by atoms with E-state index in [4.69, 9.17) is 10.8 Å². The van der Waals surface area contributed by atoms with Gasteiger partial charge in [0.1, 0.15) is 11.9 Å². The summed E-state index contributed by atoms with van der Waals surface area (Å²) in [5, 5.41) is 8.03. The molecule has 6 nitrogen and oxygen atoms in total. The molecule has 1 fully saturated rings. The lowest BCUT2D eigenvalue weighted by Gasteiger charge is -2.15. The van der Waals surface area contributed by atoms with Crippen LogP contribution in [0.3, 0.4) is 0 Å². The van der Waals surface area contributed by atoms with Crippen molar-refractivity contribution >= 4 is 35.2 Å². The highest BCUT2D eigenvalue weighted by atomic mass is 32.2. The van der Waals surface area contributed by atoms with E-state index in [-0.39, 0.29) is 12.2 Å². The zero-order valence-electron chi connectivity index (χ0n) is 10.9. The number of aliphatic carboxylic acids is 1. The summed E-state index contributed by atoms with van der Waals surface area (Å²) >= 11 is 1.04. The van der Waals surface area contributed by atoms with Crippen LogP contribution < -0.4 is 10.6 Å². The molecular formula is C13H13FN2O4S. The van der Waals surface area contributed by atoms with Crippen molar-refractivity contribution in [2.24, 2.45) is 5.73 Å². The largest absolute Gasteiger partial charge is 0.480 e. The van der Waals surface area contributed by atoms with Crippen molar-refractivity contribution in [3.63, 3.8) is 0 Å². The highest BCUT2D eigenvalue weighted by Crippen LogP contribution is 2.29. The molecule has 0 bridgehead atoms. The van der Waals surface area contributed by atoms with Crippen molar-refractivity contribution in [3.8, 4) is 0 Å². The standard InChI is InChI=1S/C13H13FN2O4S/c14-7-1-3-8(4-2-7)16-11(17)5-10(12(16)18)21-6-9(15)13(19)20/h1-4,9-10H,5-6,15H2,(H,19,20)/t9-,10+/m0/s1. The van der Waals surface area contributed by atoms with Crippen LogP contribution in [0.1, 0.15) is 6.42 Å². The van der Waals surface area contributed by atoms with E-state index < -0.39 is 34.9 Å². The third kappa shape index (κ3) is 3.40. The molecule has 2 rings (SSSR count). The Bertz CT molecular complexity index is 578. The molecule has 0 radical (unpaired) electrons. The van der Waals surface area contributed by atoms with Crippen LogP contribution in [0, 0.1) is 5.82 Å². The normalized spacial score (nSPS) is 19.9. The first-order valence-corrected chi connectivity index (χ1v) is 7.17. The van der Waals surface area contributed by atoms with Gasteiger partial charge in [0.15, 0.2) is 0 Å². The first kappa shape index (κ1) is 15.5. The molecule has 1 aliphatic rings. The number of thioether (sulfide) groups is 1. The molecule has 8 heteroatoms. The van der Waals surface area contributed by atoms with Crippen LogP contribution in [0.4, 0.5) is 10.1 Å². The molecular weight excluding hydrogens is 299 g/mol. The number of rotatable bonds is 5. The number of carboxylic acid groups (broad SMARTS) is 1. The predicted octanol–water partition coefficient (Wildman–Crippen LogP) is 0.603. The molecule has 3 N–H and O–H groups in total. The lowest BCUT2D eigenvalue weighted by Crippen LogP contribution is -2.35. The van der Waals surface area contributed by atoms with Gasteiger partial charge in [0, 0.05) is 12.2 Å². The maximum absolute atomic E-state index is 12.9. The van der Waals surface area contributed by atoms with E-state index in [1.54, 1.807) is 0 Å². The molecule has 1 aliphatic heterocycles. The topological polar surface area (TPSA) is 101 Å². The number of nitrogens with two attached hydrogens (primary N) is 1. The van der Waals surface area contributed by atoms with Crippen molar-refractivity contribution in [2.45, 2.75) is 17.7 Å². The van der Waals surface area contributed by atoms with Gasteiger partial charge in [0.2, 0.25) is 11.8 Å². The average molecular weight is 312 g/mol. The van der Waals surface area contributed by atoms with Crippen LogP contribution in [-0.4, -0.2) is 39.9 Å². The maximum atomic E-state index is 12.9. The van der Waals surface area contributed by atoms with Gasteiger partial charge in [0.05, 0.1) is 10.9 Å². The zero-order chi connectivity index (χ0) is 15.6. The van der Waals surface area contributed by atoms with E-state index in [0.29, 0.717) is 5.69 Å². The van der Waals surface area contributed by atoms with E-state index >= 15 is 0 Å². The quantitative estimate of drug-likeness (QED) is 0.772. The Morgan fingerprint density at radius 2 is 2.05 bits per heavy atom. The number of halogens is 1. The Morgan fingerprint density at radius 1 is 1.43 bits per heavy atom. The minimum Gasteiger partial charge on any atom is -0.480 e. The van der Waals surface area contributed by atoms with E-state index in [0.717, 1.165) is 28.8 Å². The number of nitrogens with zero attached hydrogens (tertiary/aromatic N) is 1. The molecule has 0 saturated carbocycles. The van der Waals surface area contributed by atoms with Crippen LogP contribution in [-0.2, 0) is 14.4 Å². The fraction of sp³-hybridized carbons (Fsp3) is 0.308. The molecule has 2 amide bonds. The summed E-state index contributed by atoms with van der Waals surface area (Å²) in [5.74, 6) is -2.41. The molecule has 21 heavy (non-hydrogen) atoms. The minimum atomic E-state index is -1.16. The number of amides is 2. The van der Waals surface area contributed by atoms with Gasteiger partial charge in [0.25, 0.3) is 0 Å². The minimum absolute atomic E-state index is 0.0206. The Morgan fingerprint density at radius 3 is 2.62 bits per heavy atom. The highest BCUT2D eigenvalue weighted by Gasteiger charge is 2.40. The smallest absolute Gasteiger partial charge is 0.321 e. The number of hydrogen-bond donors (Lipinski definition) is 2. The van der Waals surface area contributed by atoms with Gasteiger partial charge < -0.3 is 10.8 Å². The summed E-state index contributed by atoms with van der Waals surface area (Å²) in [6.07, 6.45) is -0.0206. The van der Waals surface area contributed by atoms with E-state index in [1.807, 2.05) is 0 Å². The molecule has 1 heterocycles. The van der Waals surface area contributed by atoms with Crippen LogP contribution in [0.15, 0.2) is 24.3 Å². The Kier molecular flexibility index (Phi) is 4.59. The Hall–Kier alpha value is -1.93. The third-order valence-electron chi connectivity index (χ3n) is 2.98. The number of carboxylic acids is 1. The number of carbonyl (C=O) groups is 3. The molecule has 1 aromatic rings. The first-order valence-electron chi connectivity index (χ1n) is 6.12. The van der Waals surface area contributed by atoms with Gasteiger partial charge in [-0.3, -0.25) is 14.4 Å². The van der Waals surface area contributed by atoms with Gasteiger partial charge in [-0.1, -0.05) is 0 Å². The molecule has 0 aromatic heterocycles. The van der Waals surface area contributed by atoms with E-state index in [1.165, 1.54) is 12.1 Å². The lowest BCUT2D eigenvalue weighted by molar-refractivity contribution is -0.138. The van der Waals surface area contributed by atoms with Crippen molar-refractivity contribution in [1.82, 2.24) is 0 Å². The van der Waals surface area contributed by atoms with Gasteiger partial charge in [-0.05, 0) is 24.3 Å². The summed E-state index contributed by atoms with van der Waals surface area (Å²) in [7, 11) is 0. The number of hydrogen-bond acceptors (Lipinski definition) is 5. The van der Waals surface area contributed by atoms with E-state index in [2.05, 4.69) is 0 Å². The maximum Gasteiger partial charge on any atom is 0.321 e. The van der Waals surface area contributed by atoms with E-state index in [9.17, 15) is 18.8 Å². The molecule has 1 aromatic carbocycles. The van der Waals surface area contributed by atoms with Crippen LogP contribution >= 0.6 is 11.8 Å². The summed E-state index contributed by atoms with van der Waals surface area (Å²) in [6, 6.07) is 3.94. The van der Waals surface area contributed by atoms with Crippen LogP contribution in [0.5, 0.6) is 0 Å². The molecule has 0 unspecified atom stereocenters. The lowest BCUT2D eigenvalue weighted by atomic mass is 10.3. The van der Waals surface area contributed by atoms with Gasteiger partial charge >= 0.3 is 5.97 Å². The van der Waals surface area contributed by atoms with Gasteiger partial charge in [-0.15, -0.1) is 11.8 Å². The predicted molar refractivity (Wildman–Crippen MR) is 75.4 cm³/mol. The van der Waals surface area contributed by atoms with Gasteiger partial charge in [-0.25, -0.2) is 9.29 Å².